The van der Waals surface area contributed by atoms with Crippen LogP contribution in [-0.2, 0) is 13.5 Å². The SMILES string of the molecule is Cn1c(Cc2cc(Cl)ccc2N)nc2ccccc21. The van der Waals surface area contributed by atoms with Crippen molar-refractivity contribution in [3.8, 4) is 0 Å². The summed E-state index contributed by atoms with van der Waals surface area (Å²) in [4.78, 5) is 4.64. The molecule has 0 saturated carbocycles. The number of nitrogens with zero attached hydrogens (tertiary/aromatic N) is 2. The van der Waals surface area contributed by atoms with Crippen molar-refractivity contribution < 1.29 is 0 Å². The van der Waals surface area contributed by atoms with E-state index < -0.39 is 0 Å². The monoisotopic (exact) mass is 271 g/mol. The maximum absolute atomic E-state index is 6.02. The average molecular weight is 272 g/mol. The first-order valence-electron chi connectivity index (χ1n) is 6.09. The van der Waals surface area contributed by atoms with Crippen LogP contribution in [0.25, 0.3) is 11.0 Å². The molecular weight excluding hydrogens is 258 g/mol. The van der Waals surface area contributed by atoms with Crippen LogP contribution in [0.5, 0.6) is 0 Å². The minimum Gasteiger partial charge on any atom is -0.398 e. The number of imidazole rings is 1. The van der Waals surface area contributed by atoms with Crippen molar-refractivity contribution in [2.75, 3.05) is 5.73 Å². The number of rotatable bonds is 2. The molecule has 0 fully saturated rings. The standard InChI is InChI=1S/C15H14ClN3/c1-19-14-5-3-2-4-13(14)18-15(19)9-10-8-11(16)6-7-12(10)17/h2-8H,9,17H2,1H3. The molecule has 0 aliphatic heterocycles. The van der Waals surface area contributed by atoms with Crippen molar-refractivity contribution in [3.63, 3.8) is 0 Å². The van der Waals surface area contributed by atoms with E-state index >= 15 is 0 Å². The van der Waals surface area contributed by atoms with Crippen LogP contribution in [-0.4, -0.2) is 9.55 Å². The minimum atomic E-state index is 0.678. The molecule has 0 amide bonds. The van der Waals surface area contributed by atoms with Gasteiger partial charge in [0.1, 0.15) is 5.82 Å². The van der Waals surface area contributed by atoms with Gasteiger partial charge in [-0.15, -0.1) is 0 Å². The van der Waals surface area contributed by atoms with Crippen molar-refractivity contribution in [1.82, 2.24) is 9.55 Å². The molecule has 3 aromatic rings. The first kappa shape index (κ1) is 12.1. The Labute approximate surface area is 116 Å². The van der Waals surface area contributed by atoms with Gasteiger partial charge in [0.25, 0.3) is 0 Å². The third kappa shape index (κ3) is 2.17. The van der Waals surface area contributed by atoms with Gasteiger partial charge in [0.15, 0.2) is 0 Å². The summed E-state index contributed by atoms with van der Waals surface area (Å²) in [6.45, 7) is 0. The number of para-hydroxylation sites is 2. The quantitative estimate of drug-likeness (QED) is 0.726. The summed E-state index contributed by atoms with van der Waals surface area (Å²) in [5.41, 5.74) is 9.86. The molecule has 2 N–H and O–H groups in total. The summed E-state index contributed by atoms with van der Waals surface area (Å²) in [5.74, 6) is 0.982. The number of aryl methyl sites for hydroxylation is 1. The van der Waals surface area contributed by atoms with E-state index in [4.69, 9.17) is 17.3 Å². The van der Waals surface area contributed by atoms with Gasteiger partial charge in [-0.05, 0) is 35.9 Å². The summed E-state index contributed by atoms with van der Waals surface area (Å²) in [7, 11) is 2.02. The van der Waals surface area contributed by atoms with Gasteiger partial charge in [-0.3, -0.25) is 0 Å². The highest BCUT2D eigenvalue weighted by molar-refractivity contribution is 6.30. The van der Waals surface area contributed by atoms with Gasteiger partial charge in [0.2, 0.25) is 0 Å². The molecule has 2 aromatic carbocycles. The van der Waals surface area contributed by atoms with Gasteiger partial charge >= 0.3 is 0 Å². The fraction of sp³-hybridized carbons (Fsp3) is 0.133. The lowest BCUT2D eigenvalue weighted by molar-refractivity contribution is 0.845. The van der Waals surface area contributed by atoms with Crippen molar-refractivity contribution in [3.05, 3.63) is 58.9 Å². The van der Waals surface area contributed by atoms with Gasteiger partial charge in [0, 0.05) is 24.2 Å². The van der Waals surface area contributed by atoms with Crippen LogP contribution in [0.2, 0.25) is 5.02 Å². The van der Waals surface area contributed by atoms with Gasteiger partial charge in [-0.2, -0.15) is 0 Å². The Morgan fingerprint density at radius 2 is 2.00 bits per heavy atom. The average Bonchev–Trinajstić information content (AvgIpc) is 2.72. The number of benzene rings is 2. The van der Waals surface area contributed by atoms with Gasteiger partial charge in [-0.1, -0.05) is 23.7 Å². The molecule has 0 bridgehead atoms. The molecule has 0 atom stereocenters. The second-order valence-corrected chi connectivity index (χ2v) is 5.03. The van der Waals surface area contributed by atoms with Crippen LogP contribution in [0.15, 0.2) is 42.5 Å². The number of hydrogen-bond donors (Lipinski definition) is 1. The maximum Gasteiger partial charge on any atom is 0.114 e. The summed E-state index contributed by atoms with van der Waals surface area (Å²) in [6, 6.07) is 13.6. The highest BCUT2D eigenvalue weighted by Gasteiger charge is 2.09. The molecule has 19 heavy (non-hydrogen) atoms. The molecule has 0 aliphatic rings. The summed E-state index contributed by atoms with van der Waals surface area (Å²) >= 11 is 6.02. The number of anilines is 1. The first-order valence-corrected chi connectivity index (χ1v) is 6.47. The molecule has 0 aliphatic carbocycles. The molecule has 0 unspecified atom stereocenters. The van der Waals surface area contributed by atoms with Crippen LogP contribution in [0.3, 0.4) is 0 Å². The zero-order valence-electron chi connectivity index (χ0n) is 10.6. The van der Waals surface area contributed by atoms with Gasteiger partial charge < -0.3 is 10.3 Å². The topological polar surface area (TPSA) is 43.8 Å². The van der Waals surface area contributed by atoms with Crippen LogP contribution in [0.4, 0.5) is 5.69 Å². The zero-order chi connectivity index (χ0) is 13.4. The number of aromatic nitrogens is 2. The Morgan fingerprint density at radius 3 is 2.79 bits per heavy atom. The van der Waals surface area contributed by atoms with E-state index in [1.54, 1.807) is 6.07 Å². The molecule has 4 heteroatoms. The smallest absolute Gasteiger partial charge is 0.114 e. The first-order chi connectivity index (χ1) is 9.15. The molecule has 96 valence electrons. The summed E-state index contributed by atoms with van der Waals surface area (Å²) in [5, 5.41) is 0.697. The Morgan fingerprint density at radius 1 is 1.21 bits per heavy atom. The highest BCUT2D eigenvalue weighted by atomic mass is 35.5. The number of halogens is 1. The van der Waals surface area contributed by atoms with Crippen molar-refractivity contribution in [2.24, 2.45) is 7.05 Å². The lowest BCUT2D eigenvalue weighted by Gasteiger charge is -2.06. The molecule has 1 aromatic heterocycles. The van der Waals surface area contributed by atoms with E-state index in [1.807, 2.05) is 37.4 Å². The molecule has 0 saturated heterocycles. The lowest BCUT2D eigenvalue weighted by Crippen LogP contribution is -2.02. The summed E-state index contributed by atoms with van der Waals surface area (Å²) < 4.78 is 2.09. The number of nitrogen functional groups attached to an aromatic ring is 1. The molecular formula is C15H14ClN3. The second kappa shape index (κ2) is 4.59. The predicted octanol–water partition coefficient (Wildman–Crippen LogP) is 3.40. The molecule has 0 radical (unpaired) electrons. The highest BCUT2D eigenvalue weighted by Crippen LogP contribution is 2.22. The molecule has 0 spiro atoms. The van der Waals surface area contributed by atoms with Crippen molar-refractivity contribution in [1.29, 1.82) is 0 Å². The van der Waals surface area contributed by atoms with Crippen molar-refractivity contribution in [2.45, 2.75) is 6.42 Å². The van der Waals surface area contributed by atoms with E-state index in [2.05, 4.69) is 15.6 Å². The van der Waals surface area contributed by atoms with E-state index in [0.29, 0.717) is 11.4 Å². The fourth-order valence-electron chi connectivity index (χ4n) is 2.25. The van der Waals surface area contributed by atoms with Gasteiger partial charge in [-0.25, -0.2) is 4.98 Å². The second-order valence-electron chi connectivity index (χ2n) is 4.60. The fourth-order valence-corrected chi connectivity index (χ4v) is 2.45. The Bertz CT molecular complexity index is 746. The third-order valence-electron chi connectivity index (χ3n) is 3.33. The Kier molecular flexibility index (Phi) is 2.91. The minimum absolute atomic E-state index is 0.678. The van der Waals surface area contributed by atoms with Crippen LogP contribution < -0.4 is 5.73 Å². The largest absolute Gasteiger partial charge is 0.398 e. The van der Waals surface area contributed by atoms with E-state index in [1.165, 1.54) is 0 Å². The normalized spacial score (nSPS) is 11.1. The van der Waals surface area contributed by atoms with Crippen LogP contribution >= 0.6 is 11.6 Å². The Hall–Kier alpha value is -2.00. The van der Waals surface area contributed by atoms with Gasteiger partial charge in [0.05, 0.1) is 11.0 Å². The number of nitrogens with two attached hydrogens (primary N) is 1. The Balaban J connectivity index is 2.06. The lowest BCUT2D eigenvalue weighted by atomic mass is 10.1. The van der Waals surface area contributed by atoms with Crippen molar-refractivity contribution >= 4 is 28.3 Å². The molecule has 3 rings (SSSR count). The van der Waals surface area contributed by atoms with E-state index in [0.717, 1.165) is 28.1 Å². The van der Waals surface area contributed by atoms with E-state index in [9.17, 15) is 0 Å². The molecule has 1 heterocycles. The van der Waals surface area contributed by atoms with Crippen LogP contribution in [0, 0.1) is 0 Å². The zero-order valence-corrected chi connectivity index (χ0v) is 11.4. The number of hydrogen-bond acceptors (Lipinski definition) is 2. The van der Waals surface area contributed by atoms with E-state index in [-0.39, 0.29) is 0 Å². The number of fused-ring (bicyclic) bond motifs is 1. The molecule has 3 nitrogen and oxygen atoms in total. The third-order valence-corrected chi connectivity index (χ3v) is 3.57. The predicted molar refractivity (Wildman–Crippen MR) is 79.4 cm³/mol. The van der Waals surface area contributed by atoms with Crippen LogP contribution in [0.1, 0.15) is 11.4 Å². The maximum atomic E-state index is 6.02. The summed E-state index contributed by atoms with van der Waals surface area (Å²) in [6.07, 6.45) is 0.678.